The second-order valence-corrected chi connectivity index (χ2v) is 6.39. The highest BCUT2D eigenvalue weighted by Gasteiger charge is 2.29. The molecule has 0 saturated heterocycles. The van der Waals surface area contributed by atoms with Crippen LogP contribution in [-0.4, -0.2) is 21.2 Å². The number of nitrogens with zero attached hydrogens (tertiary/aromatic N) is 1. The molecule has 2 nitrogen and oxygen atoms in total. The third kappa shape index (κ3) is 7.11. The normalized spacial score (nSPS) is 16.4. The first-order chi connectivity index (χ1) is 7.06. The van der Waals surface area contributed by atoms with Gasteiger partial charge in [0.2, 0.25) is 0 Å². The molecule has 0 aromatic heterocycles. The van der Waals surface area contributed by atoms with Crippen molar-refractivity contribution >= 4 is 17.1 Å². The molecule has 0 heterocycles. The van der Waals surface area contributed by atoms with Gasteiger partial charge in [0.25, 0.3) is 0 Å². The Kier molecular flexibility index (Phi) is 5.82. The Balaban J connectivity index is 4.44. The fourth-order valence-corrected chi connectivity index (χ4v) is 1.56. The number of alkyl halides is 3. The van der Waals surface area contributed by atoms with E-state index in [1.165, 1.54) is 0 Å². The number of halogens is 3. The van der Waals surface area contributed by atoms with Gasteiger partial charge in [-0.2, -0.15) is 13.2 Å². The maximum atomic E-state index is 12.0. The summed E-state index contributed by atoms with van der Waals surface area (Å²) in [5.41, 5.74) is 0.366. The van der Waals surface area contributed by atoms with Crippen LogP contribution in [0.4, 0.5) is 13.2 Å². The molecule has 6 heteroatoms. The van der Waals surface area contributed by atoms with Crippen LogP contribution in [0.1, 0.15) is 47.0 Å². The molecule has 96 valence electrons. The molecule has 0 amide bonds. The van der Waals surface area contributed by atoms with Gasteiger partial charge < -0.3 is 4.55 Å². The average molecular weight is 257 g/mol. The summed E-state index contributed by atoms with van der Waals surface area (Å²) < 4.78 is 50.9. The van der Waals surface area contributed by atoms with E-state index in [0.29, 0.717) is 12.1 Å². The van der Waals surface area contributed by atoms with Gasteiger partial charge >= 0.3 is 6.18 Å². The van der Waals surface area contributed by atoms with E-state index in [-0.39, 0.29) is 6.42 Å². The summed E-state index contributed by atoms with van der Waals surface area (Å²) in [6.07, 6.45) is -4.85. The quantitative estimate of drug-likeness (QED) is 0.559. The van der Waals surface area contributed by atoms with Crippen molar-refractivity contribution in [1.82, 2.24) is 0 Å². The van der Waals surface area contributed by atoms with Gasteiger partial charge in [-0.05, 0) is 33.6 Å². The Bertz CT molecular complexity index is 245. The van der Waals surface area contributed by atoms with Gasteiger partial charge in [0.1, 0.15) is 16.1 Å². The maximum absolute atomic E-state index is 12.0. The Labute approximate surface area is 97.6 Å². The predicted molar refractivity (Wildman–Crippen MR) is 60.9 cm³/mol. The Morgan fingerprint density at radius 3 is 2.06 bits per heavy atom. The molecule has 0 spiro atoms. The van der Waals surface area contributed by atoms with Crippen LogP contribution in [0, 0.1) is 0 Å². The van der Waals surface area contributed by atoms with Gasteiger partial charge in [-0.15, -0.1) is 0 Å². The second kappa shape index (κ2) is 5.91. The first kappa shape index (κ1) is 15.8. The minimum absolute atomic E-state index is 0.165. The Morgan fingerprint density at radius 1 is 1.25 bits per heavy atom. The van der Waals surface area contributed by atoms with Gasteiger partial charge in [0.15, 0.2) is 0 Å². The van der Waals surface area contributed by atoms with E-state index in [1.807, 2.05) is 0 Å². The smallest absolute Gasteiger partial charge is 0.389 e. The van der Waals surface area contributed by atoms with Crippen molar-refractivity contribution in [2.75, 3.05) is 0 Å². The lowest BCUT2D eigenvalue weighted by molar-refractivity contribution is -0.132. The van der Waals surface area contributed by atoms with Crippen molar-refractivity contribution < 1.29 is 17.7 Å². The summed E-state index contributed by atoms with van der Waals surface area (Å²) in [6, 6.07) is 0. The van der Waals surface area contributed by atoms with Crippen molar-refractivity contribution in [2.45, 2.75) is 57.9 Å². The zero-order valence-corrected chi connectivity index (χ0v) is 10.8. The van der Waals surface area contributed by atoms with Crippen LogP contribution < -0.4 is 0 Å². The van der Waals surface area contributed by atoms with E-state index in [2.05, 4.69) is 4.40 Å². The van der Waals surface area contributed by atoms with Crippen molar-refractivity contribution in [1.29, 1.82) is 0 Å². The fraction of sp³-hybridized carbons (Fsp3) is 0.900. The summed E-state index contributed by atoms with van der Waals surface area (Å²) in [4.78, 5) is 0. The predicted octanol–water partition coefficient (Wildman–Crippen LogP) is 3.64. The number of rotatable bonds is 4. The topological polar surface area (TPSA) is 35.4 Å². The first-order valence-corrected chi connectivity index (χ1v) is 6.22. The zero-order chi connectivity index (χ0) is 13.0. The highest BCUT2D eigenvalue weighted by Crippen LogP contribution is 2.23. The number of hydrogen-bond acceptors (Lipinski definition) is 2. The summed E-state index contributed by atoms with van der Waals surface area (Å²) in [7, 11) is 0. The van der Waals surface area contributed by atoms with Gasteiger partial charge in [0.05, 0.1) is 5.71 Å². The molecule has 0 unspecified atom stereocenters. The first-order valence-electron chi connectivity index (χ1n) is 5.11. The molecular formula is C10H18F3NOS. The van der Waals surface area contributed by atoms with Crippen molar-refractivity contribution in [3.8, 4) is 0 Å². The molecule has 0 bridgehead atoms. The van der Waals surface area contributed by atoms with E-state index in [1.54, 1.807) is 27.7 Å². The van der Waals surface area contributed by atoms with Gasteiger partial charge in [-0.25, -0.2) is 0 Å². The molecule has 0 aromatic rings. The Morgan fingerprint density at radius 2 is 1.75 bits per heavy atom. The lowest BCUT2D eigenvalue weighted by Crippen LogP contribution is -2.27. The van der Waals surface area contributed by atoms with Crippen molar-refractivity contribution in [2.24, 2.45) is 4.40 Å². The van der Waals surface area contributed by atoms with Crippen LogP contribution in [0.25, 0.3) is 0 Å². The van der Waals surface area contributed by atoms with Crippen LogP contribution in [-0.2, 0) is 11.4 Å². The fourth-order valence-electron chi connectivity index (χ4n) is 0.827. The highest BCUT2D eigenvalue weighted by atomic mass is 32.2. The molecule has 0 aromatic carbocycles. The van der Waals surface area contributed by atoms with E-state index < -0.39 is 28.7 Å². The summed E-state index contributed by atoms with van der Waals surface area (Å²) in [5, 5.41) is 0. The van der Waals surface area contributed by atoms with E-state index in [9.17, 15) is 17.7 Å². The molecule has 16 heavy (non-hydrogen) atoms. The third-order valence-electron chi connectivity index (χ3n) is 1.84. The average Bonchev–Trinajstić information content (AvgIpc) is 2.08. The molecule has 0 aliphatic rings. The molecule has 0 aliphatic heterocycles. The van der Waals surface area contributed by atoms with Gasteiger partial charge in [0, 0.05) is 6.42 Å². The molecule has 1 atom stereocenters. The van der Waals surface area contributed by atoms with E-state index >= 15 is 0 Å². The zero-order valence-electron chi connectivity index (χ0n) is 10.0. The molecule has 0 fully saturated rings. The van der Waals surface area contributed by atoms with Crippen LogP contribution in [0.5, 0.6) is 0 Å². The standard InChI is InChI=1S/C10H18F3NOS/c1-5-8(6-7-10(11,12)13)14-16(15)9(2,3)4/h5-7H2,1-4H3/b14-8+/t16-/m1/s1. The van der Waals surface area contributed by atoms with Crippen LogP contribution >= 0.6 is 0 Å². The molecule has 0 rings (SSSR count). The molecular weight excluding hydrogens is 239 g/mol. The van der Waals surface area contributed by atoms with Crippen LogP contribution in [0.3, 0.4) is 0 Å². The molecule has 0 aliphatic carbocycles. The summed E-state index contributed by atoms with van der Waals surface area (Å²) in [5.74, 6) is 0. The highest BCUT2D eigenvalue weighted by molar-refractivity contribution is 7.91. The lowest BCUT2D eigenvalue weighted by atomic mass is 10.2. The lowest BCUT2D eigenvalue weighted by Gasteiger charge is -2.19. The van der Waals surface area contributed by atoms with E-state index in [0.717, 1.165) is 0 Å². The monoisotopic (exact) mass is 257 g/mol. The van der Waals surface area contributed by atoms with Gasteiger partial charge in [-0.1, -0.05) is 11.3 Å². The molecule has 0 saturated carbocycles. The summed E-state index contributed by atoms with van der Waals surface area (Å²) >= 11 is -1.47. The van der Waals surface area contributed by atoms with Gasteiger partial charge in [-0.3, -0.25) is 0 Å². The van der Waals surface area contributed by atoms with Crippen molar-refractivity contribution in [3.63, 3.8) is 0 Å². The minimum Gasteiger partial charge on any atom is -0.591 e. The second-order valence-electron chi connectivity index (χ2n) is 4.49. The minimum atomic E-state index is -4.18. The van der Waals surface area contributed by atoms with Crippen LogP contribution in [0.2, 0.25) is 0 Å². The molecule has 0 radical (unpaired) electrons. The number of hydrogen-bond donors (Lipinski definition) is 0. The molecule has 0 N–H and O–H groups in total. The third-order valence-corrected chi connectivity index (χ3v) is 3.31. The maximum Gasteiger partial charge on any atom is 0.389 e. The van der Waals surface area contributed by atoms with Crippen molar-refractivity contribution in [3.05, 3.63) is 0 Å². The van der Waals surface area contributed by atoms with E-state index in [4.69, 9.17) is 0 Å². The SMILES string of the molecule is CC/C(CCC(F)(F)F)=N\[S@+]([O-])C(C)(C)C. The Hall–Kier alpha value is -0.230. The largest absolute Gasteiger partial charge is 0.591 e. The summed E-state index contributed by atoms with van der Waals surface area (Å²) in [6.45, 7) is 6.94. The van der Waals surface area contributed by atoms with Crippen LogP contribution in [0.15, 0.2) is 4.40 Å².